The largest absolute Gasteiger partial charge is 0.299 e. The molecule has 0 aliphatic rings. The summed E-state index contributed by atoms with van der Waals surface area (Å²) in [6.45, 7) is 3.97. The third-order valence-corrected chi connectivity index (χ3v) is 2.35. The normalized spacial score (nSPS) is 10.1. The van der Waals surface area contributed by atoms with Gasteiger partial charge in [-0.2, -0.15) is 0 Å². The number of unbranched alkanes of at least 4 members (excludes halogenated alkanes) is 4. The average molecular weight is 198 g/mol. The molecule has 0 saturated carbocycles. The molecule has 82 valence electrons. The molecule has 2 heteroatoms. The summed E-state index contributed by atoms with van der Waals surface area (Å²) >= 11 is 0. The summed E-state index contributed by atoms with van der Waals surface area (Å²) in [7, 11) is 0. The van der Waals surface area contributed by atoms with Gasteiger partial charge < -0.3 is 0 Å². The molecule has 0 heterocycles. The van der Waals surface area contributed by atoms with Gasteiger partial charge in [0, 0.05) is 12.8 Å². The van der Waals surface area contributed by atoms with E-state index in [-0.39, 0.29) is 18.0 Å². The number of carbonyl (C=O) groups is 2. The summed E-state index contributed by atoms with van der Waals surface area (Å²) in [6.07, 6.45) is 7.01. The second-order valence-electron chi connectivity index (χ2n) is 3.77. The van der Waals surface area contributed by atoms with Gasteiger partial charge in [0.1, 0.15) is 11.6 Å². The lowest BCUT2D eigenvalue weighted by Gasteiger charge is -1.99. The molecule has 0 spiro atoms. The van der Waals surface area contributed by atoms with Gasteiger partial charge in [-0.05, 0) is 6.42 Å². The minimum atomic E-state index is 0.0727. The van der Waals surface area contributed by atoms with E-state index in [1.807, 2.05) is 0 Å². The number of carbonyl (C=O) groups excluding carboxylic acids is 2. The molecule has 0 aliphatic heterocycles. The summed E-state index contributed by atoms with van der Waals surface area (Å²) in [5.41, 5.74) is 0. The molecule has 0 amide bonds. The van der Waals surface area contributed by atoms with Crippen LogP contribution in [-0.2, 0) is 9.59 Å². The van der Waals surface area contributed by atoms with Gasteiger partial charge in [-0.3, -0.25) is 9.59 Å². The number of hydrogen-bond acceptors (Lipinski definition) is 2. The van der Waals surface area contributed by atoms with Crippen molar-refractivity contribution < 1.29 is 9.59 Å². The van der Waals surface area contributed by atoms with E-state index in [4.69, 9.17) is 0 Å². The van der Waals surface area contributed by atoms with E-state index >= 15 is 0 Å². The zero-order chi connectivity index (χ0) is 10.8. The van der Waals surface area contributed by atoms with Crippen molar-refractivity contribution in [1.82, 2.24) is 0 Å². The molecule has 0 aromatic heterocycles. The predicted molar refractivity (Wildman–Crippen MR) is 58.3 cm³/mol. The minimum Gasteiger partial charge on any atom is -0.299 e. The van der Waals surface area contributed by atoms with Gasteiger partial charge >= 0.3 is 0 Å². The molecule has 0 aromatic rings. The van der Waals surface area contributed by atoms with Crippen LogP contribution in [0.3, 0.4) is 0 Å². The lowest BCUT2D eigenvalue weighted by Crippen LogP contribution is -2.06. The number of Topliss-reactive ketones (excluding diaryl/α,β-unsaturated/α-hetero) is 2. The van der Waals surface area contributed by atoms with Gasteiger partial charge in [-0.15, -0.1) is 0 Å². The Hall–Kier alpha value is -0.660. The maximum Gasteiger partial charge on any atom is 0.140 e. The van der Waals surface area contributed by atoms with Crippen LogP contribution in [0, 0.1) is 0 Å². The summed E-state index contributed by atoms with van der Waals surface area (Å²) in [6, 6.07) is 0. The molecule has 0 atom stereocenters. The van der Waals surface area contributed by atoms with E-state index in [2.05, 4.69) is 6.92 Å². The highest BCUT2D eigenvalue weighted by Gasteiger charge is 2.06. The molecule has 2 nitrogen and oxygen atoms in total. The third kappa shape index (κ3) is 7.96. The van der Waals surface area contributed by atoms with Gasteiger partial charge in [0.05, 0.1) is 6.42 Å². The number of ketones is 2. The minimum absolute atomic E-state index is 0.0727. The average Bonchev–Trinajstić information content (AvgIpc) is 2.17. The van der Waals surface area contributed by atoms with Gasteiger partial charge in [0.25, 0.3) is 0 Å². The Morgan fingerprint density at radius 2 is 1.50 bits per heavy atom. The number of rotatable bonds is 9. The van der Waals surface area contributed by atoms with Crippen LogP contribution in [0.2, 0.25) is 0 Å². The summed E-state index contributed by atoms with van der Waals surface area (Å²) in [4.78, 5) is 22.2. The Balaban J connectivity index is 3.31. The van der Waals surface area contributed by atoms with Crippen LogP contribution in [0.4, 0.5) is 0 Å². The molecule has 0 aromatic carbocycles. The Morgan fingerprint density at radius 3 is 2.07 bits per heavy atom. The smallest absolute Gasteiger partial charge is 0.140 e. The zero-order valence-electron chi connectivity index (χ0n) is 9.47. The van der Waals surface area contributed by atoms with Crippen molar-refractivity contribution in [2.24, 2.45) is 0 Å². The summed E-state index contributed by atoms with van der Waals surface area (Å²) in [5, 5.41) is 0. The highest BCUT2D eigenvalue weighted by Crippen LogP contribution is 2.06. The van der Waals surface area contributed by atoms with Crippen LogP contribution in [0.15, 0.2) is 0 Å². The van der Waals surface area contributed by atoms with Crippen molar-refractivity contribution >= 4 is 11.6 Å². The quantitative estimate of drug-likeness (QED) is 0.421. The molecule has 0 fully saturated rings. The molecule has 0 radical (unpaired) electrons. The highest BCUT2D eigenvalue weighted by atomic mass is 16.1. The van der Waals surface area contributed by atoms with Crippen molar-refractivity contribution in [3.8, 4) is 0 Å². The molecule has 0 N–H and O–H groups in total. The van der Waals surface area contributed by atoms with E-state index < -0.39 is 0 Å². The predicted octanol–water partition coefficient (Wildman–Crippen LogP) is 3.29. The summed E-state index contributed by atoms with van der Waals surface area (Å²) < 4.78 is 0. The van der Waals surface area contributed by atoms with Crippen molar-refractivity contribution in [1.29, 1.82) is 0 Å². The van der Waals surface area contributed by atoms with Crippen molar-refractivity contribution in [2.75, 3.05) is 0 Å². The van der Waals surface area contributed by atoms with Crippen molar-refractivity contribution in [3.63, 3.8) is 0 Å². The second-order valence-corrected chi connectivity index (χ2v) is 3.77. The van der Waals surface area contributed by atoms with Crippen molar-refractivity contribution in [3.05, 3.63) is 0 Å². The fraction of sp³-hybridized carbons (Fsp3) is 0.833. The first-order valence-corrected chi connectivity index (χ1v) is 5.74. The van der Waals surface area contributed by atoms with E-state index in [9.17, 15) is 9.59 Å². The van der Waals surface area contributed by atoms with Gasteiger partial charge in [0.2, 0.25) is 0 Å². The Kier molecular flexibility index (Phi) is 8.50. The molecule has 0 saturated heterocycles. The first-order valence-electron chi connectivity index (χ1n) is 5.74. The standard InChI is InChI=1S/C12H22O2/c1-3-5-6-7-8-9-12(14)10-11(13)4-2/h3-10H2,1-2H3. The highest BCUT2D eigenvalue weighted by molar-refractivity contribution is 5.98. The Morgan fingerprint density at radius 1 is 0.857 bits per heavy atom. The van der Waals surface area contributed by atoms with E-state index in [0.29, 0.717) is 12.8 Å². The second kappa shape index (κ2) is 8.92. The molecule has 0 unspecified atom stereocenters. The van der Waals surface area contributed by atoms with Gasteiger partial charge in [0.15, 0.2) is 0 Å². The SMILES string of the molecule is CCCCCCCC(=O)CC(=O)CC. The maximum atomic E-state index is 11.2. The molecule has 0 aliphatic carbocycles. The van der Waals surface area contributed by atoms with Crippen molar-refractivity contribution in [2.45, 2.75) is 65.2 Å². The van der Waals surface area contributed by atoms with Crippen LogP contribution < -0.4 is 0 Å². The van der Waals surface area contributed by atoms with Crippen LogP contribution >= 0.6 is 0 Å². The maximum absolute atomic E-state index is 11.2. The van der Waals surface area contributed by atoms with Gasteiger partial charge in [-0.25, -0.2) is 0 Å². The Bertz CT molecular complexity index is 173. The molecular weight excluding hydrogens is 176 g/mol. The van der Waals surface area contributed by atoms with Crippen LogP contribution in [0.1, 0.15) is 65.2 Å². The van der Waals surface area contributed by atoms with Crippen LogP contribution in [0.5, 0.6) is 0 Å². The number of hydrogen-bond donors (Lipinski definition) is 0. The third-order valence-electron chi connectivity index (χ3n) is 2.35. The fourth-order valence-electron chi connectivity index (χ4n) is 1.36. The van der Waals surface area contributed by atoms with Gasteiger partial charge in [-0.1, -0.05) is 39.5 Å². The monoisotopic (exact) mass is 198 g/mol. The lowest BCUT2D eigenvalue weighted by molar-refractivity contribution is -0.126. The van der Waals surface area contributed by atoms with E-state index in [1.54, 1.807) is 6.92 Å². The fourth-order valence-corrected chi connectivity index (χ4v) is 1.36. The first kappa shape index (κ1) is 13.3. The lowest BCUT2D eigenvalue weighted by atomic mass is 10.1. The zero-order valence-corrected chi connectivity index (χ0v) is 9.47. The van der Waals surface area contributed by atoms with E-state index in [1.165, 1.54) is 19.3 Å². The molecule has 0 rings (SSSR count). The van der Waals surface area contributed by atoms with E-state index in [0.717, 1.165) is 12.8 Å². The molecule has 0 bridgehead atoms. The van der Waals surface area contributed by atoms with Crippen LogP contribution in [-0.4, -0.2) is 11.6 Å². The summed E-state index contributed by atoms with van der Waals surface area (Å²) in [5.74, 6) is 0.192. The van der Waals surface area contributed by atoms with Crippen LogP contribution in [0.25, 0.3) is 0 Å². The molecular formula is C12H22O2. The topological polar surface area (TPSA) is 34.1 Å². The molecule has 14 heavy (non-hydrogen) atoms. The first-order chi connectivity index (χ1) is 6.70. The Labute approximate surface area is 87.1 Å².